The topological polar surface area (TPSA) is 64.1 Å². The molecule has 1 heterocycles. The molecule has 3 aromatic rings. The van der Waals surface area contributed by atoms with Gasteiger partial charge in [0.1, 0.15) is 11.6 Å². The number of benzene rings is 2. The maximum Gasteiger partial charge on any atom is 0.163 e. The second-order valence-electron chi connectivity index (χ2n) is 8.17. The van der Waals surface area contributed by atoms with Crippen molar-refractivity contribution in [2.45, 2.75) is 58.9 Å². The molecule has 0 aliphatic heterocycles. The first-order chi connectivity index (χ1) is 15.6. The molecule has 32 heavy (non-hydrogen) atoms. The minimum Gasteiger partial charge on any atom is -0.496 e. The SMILES string of the molecule is CCc1nc(-c2cc3c(cc2OC)C(=O)CC3)c(CC)nc1NC(CC)c1ccccc1. The number of anilines is 1. The predicted octanol–water partition coefficient (Wildman–Crippen LogP) is 5.97. The number of ketones is 1. The van der Waals surface area contributed by atoms with Crippen LogP contribution in [0.1, 0.15) is 72.5 Å². The molecule has 1 atom stereocenters. The van der Waals surface area contributed by atoms with E-state index in [1.807, 2.05) is 12.1 Å². The van der Waals surface area contributed by atoms with Crippen LogP contribution in [-0.4, -0.2) is 22.9 Å². The molecule has 0 bridgehead atoms. The molecular weight excluding hydrogens is 398 g/mol. The fourth-order valence-electron chi connectivity index (χ4n) is 4.43. The predicted molar refractivity (Wildman–Crippen MR) is 129 cm³/mol. The highest BCUT2D eigenvalue weighted by atomic mass is 16.5. The second-order valence-corrected chi connectivity index (χ2v) is 8.17. The van der Waals surface area contributed by atoms with E-state index in [-0.39, 0.29) is 11.8 Å². The van der Waals surface area contributed by atoms with E-state index in [2.05, 4.69) is 56.4 Å². The number of rotatable bonds is 8. The molecule has 5 nitrogen and oxygen atoms in total. The van der Waals surface area contributed by atoms with Gasteiger partial charge in [-0.25, -0.2) is 9.97 Å². The van der Waals surface area contributed by atoms with Gasteiger partial charge in [0.25, 0.3) is 0 Å². The number of nitrogens with zero attached hydrogens (tertiary/aromatic N) is 2. The van der Waals surface area contributed by atoms with Crippen LogP contribution in [-0.2, 0) is 19.3 Å². The van der Waals surface area contributed by atoms with E-state index in [4.69, 9.17) is 14.7 Å². The zero-order valence-corrected chi connectivity index (χ0v) is 19.4. The third kappa shape index (κ3) is 4.12. The summed E-state index contributed by atoms with van der Waals surface area (Å²) in [6, 6.07) is 14.6. The highest BCUT2D eigenvalue weighted by Gasteiger charge is 2.25. The fourth-order valence-corrected chi connectivity index (χ4v) is 4.43. The molecule has 0 radical (unpaired) electrons. The van der Waals surface area contributed by atoms with Gasteiger partial charge in [-0.2, -0.15) is 0 Å². The molecule has 0 fully saturated rings. The molecule has 2 aromatic carbocycles. The van der Waals surface area contributed by atoms with Crippen molar-refractivity contribution in [1.29, 1.82) is 0 Å². The van der Waals surface area contributed by atoms with Crippen molar-refractivity contribution in [3.8, 4) is 17.0 Å². The van der Waals surface area contributed by atoms with Crippen LogP contribution < -0.4 is 10.1 Å². The third-order valence-corrected chi connectivity index (χ3v) is 6.23. The second kappa shape index (κ2) is 9.51. The van der Waals surface area contributed by atoms with Crippen LogP contribution in [0.15, 0.2) is 42.5 Å². The van der Waals surface area contributed by atoms with Crippen molar-refractivity contribution in [3.05, 3.63) is 70.5 Å². The average molecular weight is 430 g/mol. The van der Waals surface area contributed by atoms with Gasteiger partial charge in [0.15, 0.2) is 5.78 Å². The van der Waals surface area contributed by atoms with Crippen molar-refractivity contribution in [3.63, 3.8) is 0 Å². The van der Waals surface area contributed by atoms with Gasteiger partial charge < -0.3 is 10.1 Å². The van der Waals surface area contributed by atoms with Gasteiger partial charge in [-0.3, -0.25) is 4.79 Å². The normalized spacial score (nSPS) is 13.7. The molecular formula is C27H31N3O2. The van der Waals surface area contributed by atoms with Crippen LogP contribution in [0.2, 0.25) is 0 Å². The summed E-state index contributed by atoms with van der Waals surface area (Å²) in [4.78, 5) is 22.3. The number of carbonyl (C=O) groups is 1. The van der Waals surface area contributed by atoms with E-state index in [1.165, 1.54) is 5.56 Å². The van der Waals surface area contributed by atoms with E-state index < -0.39 is 0 Å². The number of hydrogen-bond donors (Lipinski definition) is 1. The highest BCUT2D eigenvalue weighted by molar-refractivity contribution is 6.01. The number of ether oxygens (including phenoxy) is 1. The molecule has 0 spiro atoms. The fraction of sp³-hybridized carbons (Fsp3) is 0.370. The van der Waals surface area contributed by atoms with Crippen LogP contribution in [0.3, 0.4) is 0 Å². The Balaban J connectivity index is 1.78. The Labute approximate surface area is 190 Å². The van der Waals surface area contributed by atoms with Crippen molar-refractivity contribution in [2.75, 3.05) is 12.4 Å². The molecule has 4 rings (SSSR count). The summed E-state index contributed by atoms with van der Waals surface area (Å²) in [6.45, 7) is 6.38. The van der Waals surface area contributed by atoms with Gasteiger partial charge >= 0.3 is 0 Å². The summed E-state index contributed by atoms with van der Waals surface area (Å²) in [5, 5.41) is 3.64. The molecule has 1 aliphatic rings. The Bertz CT molecular complexity index is 1130. The first kappa shape index (κ1) is 22.0. The first-order valence-corrected chi connectivity index (χ1v) is 11.5. The number of fused-ring (bicyclic) bond motifs is 1. The lowest BCUT2D eigenvalue weighted by Gasteiger charge is -2.22. The first-order valence-electron chi connectivity index (χ1n) is 11.5. The molecule has 1 aromatic heterocycles. The standard InChI is InChI=1S/C27H31N3O2/c1-5-21(17-11-9-8-10-12-17)29-27-23(7-3)28-26(22(6-2)30-27)20-15-18-13-14-24(31)19(18)16-25(20)32-4/h8-12,15-16,21H,5-7,13-14H2,1-4H3,(H,29,30). The van der Waals surface area contributed by atoms with Gasteiger partial charge in [-0.05, 0) is 48.9 Å². The van der Waals surface area contributed by atoms with Crippen molar-refractivity contribution >= 4 is 11.6 Å². The zero-order valence-electron chi connectivity index (χ0n) is 19.4. The van der Waals surface area contributed by atoms with Crippen molar-refractivity contribution in [1.82, 2.24) is 9.97 Å². The van der Waals surface area contributed by atoms with Gasteiger partial charge in [-0.1, -0.05) is 51.1 Å². The lowest BCUT2D eigenvalue weighted by Crippen LogP contribution is -2.15. The number of methoxy groups -OCH3 is 1. The van der Waals surface area contributed by atoms with E-state index in [0.29, 0.717) is 12.2 Å². The van der Waals surface area contributed by atoms with E-state index in [0.717, 1.165) is 65.3 Å². The summed E-state index contributed by atoms with van der Waals surface area (Å²) in [5.74, 6) is 1.72. The van der Waals surface area contributed by atoms with Gasteiger partial charge in [0, 0.05) is 17.5 Å². The van der Waals surface area contributed by atoms with Crippen molar-refractivity contribution < 1.29 is 9.53 Å². The molecule has 166 valence electrons. The van der Waals surface area contributed by atoms with E-state index >= 15 is 0 Å². The monoisotopic (exact) mass is 429 g/mol. The van der Waals surface area contributed by atoms with Crippen LogP contribution in [0, 0.1) is 0 Å². The molecule has 0 saturated carbocycles. The minimum atomic E-state index is 0.173. The summed E-state index contributed by atoms with van der Waals surface area (Å²) >= 11 is 0. The summed E-state index contributed by atoms with van der Waals surface area (Å²) in [6.07, 6.45) is 3.81. The third-order valence-electron chi connectivity index (χ3n) is 6.23. The molecule has 1 N–H and O–H groups in total. The highest BCUT2D eigenvalue weighted by Crippen LogP contribution is 2.38. The number of aryl methyl sites for hydroxylation is 3. The Hall–Kier alpha value is -3.21. The van der Waals surface area contributed by atoms with Gasteiger partial charge in [0.2, 0.25) is 0 Å². The molecule has 1 aliphatic carbocycles. The smallest absolute Gasteiger partial charge is 0.163 e. The molecule has 5 heteroatoms. The number of hydrogen-bond acceptors (Lipinski definition) is 5. The number of nitrogens with one attached hydrogen (secondary N) is 1. The molecule has 0 amide bonds. The van der Waals surface area contributed by atoms with Crippen LogP contribution >= 0.6 is 0 Å². The van der Waals surface area contributed by atoms with Crippen LogP contribution in [0.4, 0.5) is 5.82 Å². The van der Waals surface area contributed by atoms with Gasteiger partial charge in [-0.15, -0.1) is 0 Å². The van der Waals surface area contributed by atoms with E-state index in [1.54, 1.807) is 7.11 Å². The molecule has 1 unspecified atom stereocenters. The van der Waals surface area contributed by atoms with Crippen LogP contribution in [0.25, 0.3) is 11.3 Å². The Morgan fingerprint density at radius 3 is 2.38 bits per heavy atom. The maximum absolute atomic E-state index is 12.2. The summed E-state index contributed by atoms with van der Waals surface area (Å²) in [7, 11) is 1.64. The van der Waals surface area contributed by atoms with Crippen LogP contribution in [0.5, 0.6) is 5.75 Å². The summed E-state index contributed by atoms with van der Waals surface area (Å²) < 4.78 is 5.68. The largest absolute Gasteiger partial charge is 0.496 e. The van der Waals surface area contributed by atoms with E-state index in [9.17, 15) is 4.79 Å². The quantitative estimate of drug-likeness (QED) is 0.478. The lowest BCUT2D eigenvalue weighted by atomic mass is 10.00. The van der Waals surface area contributed by atoms with Gasteiger partial charge in [0.05, 0.1) is 30.2 Å². The number of Topliss-reactive ketones (excluding diaryl/α,β-unsaturated/α-hetero) is 1. The molecule has 0 saturated heterocycles. The zero-order chi connectivity index (χ0) is 22.7. The summed E-state index contributed by atoms with van der Waals surface area (Å²) in [5.41, 5.74) is 6.72. The lowest BCUT2D eigenvalue weighted by molar-refractivity contribution is 0.0994. The Kier molecular flexibility index (Phi) is 6.54. The number of carbonyl (C=O) groups excluding carboxylic acids is 1. The Morgan fingerprint density at radius 2 is 1.72 bits per heavy atom. The van der Waals surface area contributed by atoms with Crippen molar-refractivity contribution in [2.24, 2.45) is 0 Å². The minimum absolute atomic E-state index is 0.173. The average Bonchev–Trinajstić information content (AvgIpc) is 3.21. The Morgan fingerprint density at radius 1 is 0.969 bits per heavy atom. The number of aromatic nitrogens is 2. The maximum atomic E-state index is 12.2.